The standard InChI is InChI=1S/C28H25.C13H10.2ClH.Zr/c1-3-20-14-15-24-22(18-20)19-26-25(24)16-17-28(4-2,23-12-6-5-7-13-23)27(26)21-10-8-9-11-21;1-3-7-12(8-4-1)11-13-9-5-2-6-10-13;;;/h5-10,12-18H,3-4,11H2,1-2H3;1-10H;2*1H;/q-1;;;;+2/p-2. The van der Waals surface area contributed by atoms with Crippen LogP contribution in [0.15, 0.2) is 156 Å². The van der Waals surface area contributed by atoms with Gasteiger partial charge in [0, 0.05) is 5.41 Å². The van der Waals surface area contributed by atoms with E-state index in [1.165, 1.54) is 82.4 Å². The van der Waals surface area contributed by atoms with E-state index in [9.17, 15) is 0 Å². The van der Waals surface area contributed by atoms with Gasteiger partial charge < -0.3 is 24.8 Å². The Morgan fingerprint density at radius 2 is 1.41 bits per heavy atom. The van der Waals surface area contributed by atoms with Gasteiger partial charge in [0.15, 0.2) is 0 Å². The summed E-state index contributed by atoms with van der Waals surface area (Å²) in [6.07, 6.45) is 18.5. The fourth-order valence-electron chi connectivity index (χ4n) is 6.32. The Hall–Kier alpha value is -3.09. The van der Waals surface area contributed by atoms with Crippen LogP contribution in [0.25, 0.3) is 11.6 Å². The molecule has 0 nitrogen and oxygen atoms in total. The minimum atomic E-state index is -0.0967. The second-order valence-corrected chi connectivity index (χ2v) is 12.2. The Morgan fingerprint density at radius 1 is 0.795 bits per heavy atom. The van der Waals surface area contributed by atoms with Crippen molar-refractivity contribution in [3.63, 3.8) is 0 Å². The molecule has 0 N–H and O–H groups in total. The summed E-state index contributed by atoms with van der Waals surface area (Å²) in [6.45, 7) is 4.52. The average molecular weight is 690 g/mol. The molecule has 4 aromatic carbocycles. The van der Waals surface area contributed by atoms with Crippen LogP contribution in [-0.4, -0.2) is 3.21 Å². The molecule has 0 saturated carbocycles. The van der Waals surface area contributed by atoms with E-state index in [0.717, 1.165) is 19.3 Å². The molecule has 1 unspecified atom stereocenters. The summed E-state index contributed by atoms with van der Waals surface area (Å²) < 4.78 is 1.42. The van der Waals surface area contributed by atoms with E-state index in [1.54, 1.807) is 0 Å². The number of halogens is 2. The molecule has 0 radical (unpaired) electrons. The van der Waals surface area contributed by atoms with Crippen LogP contribution in [0.2, 0.25) is 0 Å². The number of hydrogen-bond acceptors (Lipinski definition) is 0. The predicted molar refractivity (Wildman–Crippen MR) is 174 cm³/mol. The molecule has 3 heteroatoms. The molecular weight excluding hydrogens is 655 g/mol. The summed E-state index contributed by atoms with van der Waals surface area (Å²) >= 11 is 1.46. The van der Waals surface area contributed by atoms with E-state index in [-0.39, 0.29) is 30.2 Å². The van der Waals surface area contributed by atoms with Crippen molar-refractivity contribution in [2.45, 2.75) is 38.5 Å². The van der Waals surface area contributed by atoms with Gasteiger partial charge in [-0.2, -0.15) is 0 Å². The zero-order valence-electron chi connectivity index (χ0n) is 25.2. The van der Waals surface area contributed by atoms with Crippen LogP contribution in [0.4, 0.5) is 0 Å². The van der Waals surface area contributed by atoms with Crippen LogP contribution in [0.1, 0.15) is 48.9 Å². The summed E-state index contributed by atoms with van der Waals surface area (Å²) in [6, 6.07) is 39.0. The number of aryl methyl sites for hydroxylation is 1. The van der Waals surface area contributed by atoms with E-state index in [2.05, 4.69) is 159 Å². The molecule has 218 valence electrons. The maximum atomic E-state index is 3.82. The van der Waals surface area contributed by atoms with Gasteiger partial charge in [-0.05, 0) is 24.8 Å². The van der Waals surface area contributed by atoms with E-state index in [0.29, 0.717) is 0 Å². The molecule has 0 aliphatic heterocycles. The van der Waals surface area contributed by atoms with Gasteiger partial charge in [0.2, 0.25) is 0 Å². The Labute approximate surface area is 289 Å². The Balaban J connectivity index is 0.000000235. The average Bonchev–Trinajstić information content (AvgIpc) is 3.73. The first-order valence-corrected chi connectivity index (χ1v) is 16.2. The molecule has 0 bridgehead atoms. The zero-order chi connectivity index (χ0) is 28.9. The van der Waals surface area contributed by atoms with Crippen molar-refractivity contribution in [1.29, 1.82) is 0 Å². The number of allylic oxidation sites excluding steroid dienone is 8. The third-order valence-electron chi connectivity index (χ3n) is 8.61. The summed E-state index contributed by atoms with van der Waals surface area (Å²) in [5, 5.41) is 2.57. The van der Waals surface area contributed by atoms with Gasteiger partial charge in [-0.15, -0.1) is 33.7 Å². The van der Waals surface area contributed by atoms with Gasteiger partial charge in [-0.1, -0.05) is 103 Å². The molecule has 4 aromatic rings. The van der Waals surface area contributed by atoms with Gasteiger partial charge in [0.25, 0.3) is 0 Å². The fraction of sp³-hybridized carbons (Fsp3) is 0.146. The molecule has 0 spiro atoms. The van der Waals surface area contributed by atoms with Crippen molar-refractivity contribution >= 4 is 14.9 Å². The Kier molecular flexibility index (Phi) is 11.7. The van der Waals surface area contributed by atoms with Crippen molar-refractivity contribution in [3.8, 4) is 0 Å². The van der Waals surface area contributed by atoms with Crippen molar-refractivity contribution in [2.75, 3.05) is 0 Å². The summed E-state index contributed by atoms with van der Waals surface area (Å²) in [5.74, 6) is 0. The first kappa shape index (κ1) is 33.8. The molecule has 0 heterocycles. The number of rotatable bonds is 6. The second-order valence-electron chi connectivity index (χ2n) is 11.0. The summed E-state index contributed by atoms with van der Waals surface area (Å²) in [4.78, 5) is 0. The number of benzene rings is 4. The Morgan fingerprint density at radius 3 is 1.95 bits per heavy atom. The van der Waals surface area contributed by atoms with Crippen LogP contribution in [0, 0.1) is 0 Å². The van der Waals surface area contributed by atoms with Crippen LogP contribution < -0.4 is 35.3 Å². The molecular formula is C41H35Cl2Zr-. The van der Waals surface area contributed by atoms with Crippen LogP contribution >= 0.6 is 0 Å². The molecule has 3 aliphatic carbocycles. The quantitative estimate of drug-likeness (QED) is 0.272. The van der Waals surface area contributed by atoms with Crippen molar-refractivity contribution < 1.29 is 49.0 Å². The predicted octanol–water partition coefficient (Wildman–Crippen LogP) is 1.98. The van der Waals surface area contributed by atoms with E-state index in [1.807, 2.05) is 0 Å². The number of hydrogen-bond donors (Lipinski definition) is 0. The minimum absolute atomic E-state index is 0. The van der Waals surface area contributed by atoms with Gasteiger partial charge in [-0.3, -0.25) is 0 Å². The van der Waals surface area contributed by atoms with E-state index in [4.69, 9.17) is 0 Å². The fourth-order valence-corrected chi connectivity index (χ4v) is 7.14. The molecule has 7 rings (SSSR count). The Bertz CT molecular complexity index is 1820. The molecule has 0 amide bonds. The van der Waals surface area contributed by atoms with Gasteiger partial charge in [0.05, 0.1) is 0 Å². The van der Waals surface area contributed by atoms with Gasteiger partial charge in [0.1, 0.15) is 0 Å². The van der Waals surface area contributed by atoms with Crippen LogP contribution in [-0.2, 0) is 36.1 Å². The number of fused-ring (bicyclic) bond motifs is 2. The van der Waals surface area contributed by atoms with Crippen LogP contribution in [0.5, 0.6) is 0 Å². The second kappa shape index (κ2) is 15.3. The van der Waals surface area contributed by atoms with Crippen LogP contribution in [0.3, 0.4) is 0 Å². The molecule has 0 saturated heterocycles. The molecule has 1 atom stereocenters. The third kappa shape index (κ3) is 6.62. The van der Waals surface area contributed by atoms with Gasteiger partial charge in [-0.25, -0.2) is 0 Å². The summed E-state index contributed by atoms with van der Waals surface area (Å²) in [5.41, 5.74) is 10.8. The topological polar surface area (TPSA) is 0 Å². The molecule has 3 aliphatic rings. The zero-order valence-corrected chi connectivity index (χ0v) is 29.1. The third-order valence-corrected chi connectivity index (χ3v) is 10.0. The monoisotopic (exact) mass is 687 g/mol. The van der Waals surface area contributed by atoms with Crippen molar-refractivity contribution in [1.82, 2.24) is 0 Å². The van der Waals surface area contributed by atoms with Gasteiger partial charge >= 0.3 is 99.2 Å². The van der Waals surface area contributed by atoms with E-state index >= 15 is 0 Å². The first-order chi connectivity index (χ1) is 20.6. The maximum absolute atomic E-state index is 3.82. The van der Waals surface area contributed by atoms with Crippen molar-refractivity contribution in [3.05, 3.63) is 189 Å². The SMILES string of the molecule is CCc1ccc2c(c1)=[C-]C1=C(C3=CC=CC3)C(CC)(c3ccccc3)C=CC=21.[Cl-].[Cl-].[Zr+2]=[C](c1ccccc1)c1ccccc1. The normalized spacial score (nSPS) is 17.3. The molecule has 0 fully saturated rings. The first-order valence-electron chi connectivity index (χ1n) is 15.0. The summed E-state index contributed by atoms with van der Waals surface area (Å²) in [7, 11) is 0. The molecule has 44 heavy (non-hydrogen) atoms. The molecule has 0 aromatic heterocycles. The van der Waals surface area contributed by atoms with Crippen molar-refractivity contribution in [2.24, 2.45) is 0 Å². The van der Waals surface area contributed by atoms with E-state index < -0.39 is 0 Å².